The molecule has 1 aliphatic rings. The molecule has 1 saturated carbocycles. The fourth-order valence-corrected chi connectivity index (χ4v) is 1.00. The zero-order chi connectivity index (χ0) is 10.6. The smallest absolute Gasteiger partial charge is 0.407 e. The maximum absolute atomic E-state index is 12.3. The molecule has 1 aliphatic carbocycles. The minimum atomic E-state index is -2.55. The second-order valence-electron chi connectivity index (χ2n) is 3.29. The monoisotopic (exact) mass is 209 g/mol. The van der Waals surface area contributed by atoms with E-state index in [1.807, 2.05) is 0 Å². The molecule has 0 aromatic heterocycles. The Morgan fingerprint density at radius 1 is 1.57 bits per heavy atom. The average Bonchev–Trinajstić information content (AvgIpc) is 2.86. The van der Waals surface area contributed by atoms with Crippen molar-refractivity contribution in [3.05, 3.63) is 0 Å². The van der Waals surface area contributed by atoms with Crippen LogP contribution in [0, 0.1) is 0 Å². The van der Waals surface area contributed by atoms with Gasteiger partial charge in [-0.2, -0.15) is 0 Å². The minimum absolute atomic E-state index is 0.0433. The lowest BCUT2D eigenvalue weighted by Gasteiger charge is -2.15. The number of amides is 1. The minimum Gasteiger partial charge on any atom is -0.449 e. The molecule has 0 unspecified atom stereocenters. The van der Waals surface area contributed by atoms with Gasteiger partial charge in [-0.3, -0.25) is 0 Å². The molecule has 0 aliphatic heterocycles. The summed E-state index contributed by atoms with van der Waals surface area (Å²) in [4.78, 5) is 10.9. The van der Waals surface area contributed by atoms with Crippen molar-refractivity contribution in [2.45, 2.75) is 31.2 Å². The van der Waals surface area contributed by atoms with Gasteiger partial charge >= 0.3 is 6.09 Å². The molecule has 2 N–H and O–H groups in total. The van der Waals surface area contributed by atoms with Crippen LogP contribution >= 0.6 is 0 Å². The molecule has 1 amide bonds. The van der Waals surface area contributed by atoms with Crippen LogP contribution in [0.5, 0.6) is 0 Å². The first-order valence-corrected chi connectivity index (χ1v) is 4.45. The van der Waals surface area contributed by atoms with Crippen LogP contribution in [0.15, 0.2) is 0 Å². The summed E-state index contributed by atoms with van der Waals surface area (Å²) in [5.74, 6) is 0. The maximum Gasteiger partial charge on any atom is 0.407 e. The zero-order valence-corrected chi connectivity index (χ0v) is 7.63. The normalized spacial score (nSPS) is 18.0. The van der Waals surface area contributed by atoms with Crippen molar-refractivity contribution in [1.82, 2.24) is 5.32 Å². The molecule has 82 valence electrons. The van der Waals surface area contributed by atoms with Crippen molar-refractivity contribution in [3.63, 3.8) is 0 Å². The van der Waals surface area contributed by atoms with Gasteiger partial charge in [-0.1, -0.05) is 0 Å². The zero-order valence-electron chi connectivity index (χ0n) is 7.63. The number of alkyl carbamates (subject to hydrolysis) is 1. The number of carbonyl (C=O) groups excluding carboxylic acids is 1. The van der Waals surface area contributed by atoms with Crippen LogP contribution < -0.4 is 5.32 Å². The van der Waals surface area contributed by atoms with Gasteiger partial charge in [0.25, 0.3) is 6.43 Å². The molecule has 0 heterocycles. The Morgan fingerprint density at radius 2 is 2.21 bits per heavy atom. The summed E-state index contributed by atoms with van der Waals surface area (Å²) in [5, 5.41) is 10.5. The standard InChI is InChI=1S/C8H13F2NO3/c9-6(10)8(2-3-8)11-7(13)14-5-1-4-12/h6,12H,1-5H2,(H,11,13). The second kappa shape index (κ2) is 4.54. The number of aliphatic hydroxyl groups is 1. The summed E-state index contributed by atoms with van der Waals surface area (Å²) in [6.07, 6.45) is -2.49. The number of carbonyl (C=O) groups is 1. The highest BCUT2D eigenvalue weighted by molar-refractivity contribution is 5.69. The maximum atomic E-state index is 12.3. The van der Waals surface area contributed by atoms with E-state index >= 15 is 0 Å². The van der Waals surface area contributed by atoms with Crippen LogP contribution in [-0.4, -0.2) is 36.4 Å². The molecule has 0 radical (unpaired) electrons. The Morgan fingerprint density at radius 3 is 2.64 bits per heavy atom. The van der Waals surface area contributed by atoms with E-state index in [1.54, 1.807) is 0 Å². The molecule has 4 nitrogen and oxygen atoms in total. The average molecular weight is 209 g/mol. The van der Waals surface area contributed by atoms with Gasteiger partial charge in [0.05, 0.1) is 6.61 Å². The van der Waals surface area contributed by atoms with Crippen LogP contribution in [0.3, 0.4) is 0 Å². The quantitative estimate of drug-likeness (QED) is 0.661. The van der Waals surface area contributed by atoms with Gasteiger partial charge < -0.3 is 15.2 Å². The number of nitrogens with one attached hydrogen (secondary N) is 1. The first kappa shape index (κ1) is 11.2. The predicted molar refractivity (Wildman–Crippen MR) is 44.2 cm³/mol. The highest BCUT2D eigenvalue weighted by atomic mass is 19.3. The van der Waals surface area contributed by atoms with Crippen LogP contribution in [0.4, 0.5) is 13.6 Å². The number of alkyl halides is 2. The van der Waals surface area contributed by atoms with Crippen LogP contribution in [0.25, 0.3) is 0 Å². The van der Waals surface area contributed by atoms with Crippen molar-refractivity contribution < 1.29 is 23.4 Å². The Balaban J connectivity index is 2.20. The van der Waals surface area contributed by atoms with E-state index in [-0.39, 0.29) is 13.2 Å². The summed E-state index contributed by atoms with van der Waals surface area (Å²) < 4.78 is 29.2. The number of hydrogen-bond acceptors (Lipinski definition) is 3. The van der Waals surface area contributed by atoms with E-state index < -0.39 is 18.1 Å². The number of rotatable bonds is 5. The number of hydrogen-bond donors (Lipinski definition) is 2. The van der Waals surface area contributed by atoms with Crippen LogP contribution in [-0.2, 0) is 4.74 Å². The molecular weight excluding hydrogens is 196 g/mol. The fraction of sp³-hybridized carbons (Fsp3) is 0.875. The van der Waals surface area contributed by atoms with Crippen LogP contribution in [0.2, 0.25) is 0 Å². The summed E-state index contributed by atoms with van der Waals surface area (Å²) in [6.45, 7) is -0.0467. The molecule has 14 heavy (non-hydrogen) atoms. The fourth-order valence-electron chi connectivity index (χ4n) is 1.00. The van der Waals surface area contributed by atoms with Gasteiger partial charge in [0.2, 0.25) is 0 Å². The lowest BCUT2D eigenvalue weighted by atomic mass is 10.3. The number of aliphatic hydroxyl groups excluding tert-OH is 1. The second-order valence-corrected chi connectivity index (χ2v) is 3.29. The number of ether oxygens (including phenoxy) is 1. The molecule has 6 heteroatoms. The van der Waals surface area contributed by atoms with E-state index in [0.29, 0.717) is 19.3 Å². The van der Waals surface area contributed by atoms with E-state index in [4.69, 9.17) is 5.11 Å². The summed E-state index contributed by atoms with van der Waals surface area (Å²) in [5.41, 5.74) is -1.35. The van der Waals surface area contributed by atoms with E-state index in [9.17, 15) is 13.6 Å². The Labute approximate surface area is 80.2 Å². The first-order chi connectivity index (χ1) is 6.60. The van der Waals surface area contributed by atoms with Crippen molar-refractivity contribution >= 4 is 6.09 Å². The van der Waals surface area contributed by atoms with Crippen molar-refractivity contribution in [3.8, 4) is 0 Å². The highest BCUT2D eigenvalue weighted by Gasteiger charge is 2.52. The van der Waals surface area contributed by atoms with Crippen molar-refractivity contribution in [2.24, 2.45) is 0 Å². The Hall–Kier alpha value is -0.910. The van der Waals surface area contributed by atoms with E-state index in [2.05, 4.69) is 10.1 Å². The molecule has 0 spiro atoms. The van der Waals surface area contributed by atoms with Crippen LogP contribution in [0.1, 0.15) is 19.3 Å². The van der Waals surface area contributed by atoms with Crippen molar-refractivity contribution in [1.29, 1.82) is 0 Å². The summed E-state index contributed by atoms with van der Waals surface area (Å²) >= 11 is 0. The van der Waals surface area contributed by atoms with Gasteiger partial charge in [0.1, 0.15) is 5.54 Å². The van der Waals surface area contributed by atoms with Crippen molar-refractivity contribution in [2.75, 3.05) is 13.2 Å². The third kappa shape index (κ3) is 2.80. The van der Waals surface area contributed by atoms with E-state index in [0.717, 1.165) is 0 Å². The first-order valence-electron chi connectivity index (χ1n) is 4.45. The third-order valence-electron chi connectivity index (χ3n) is 2.09. The molecular formula is C8H13F2NO3. The SMILES string of the molecule is O=C(NC1(C(F)F)CC1)OCCCO. The van der Waals surface area contributed by atoms with E-state index in [1.165, 1.54) is 0 Å². The third-order valence-corrected chi connectivity index (χ3v) is 2.09. The Kier molecular flexibility index (Phi) is 3.62. The predicted octanol–water partition coefficient (Wildman–Crippen LogP) is 0.893. The molecule has 1 rings (SSSR count). The van der Waals surface area contributed by atoms with Gasteiger partial charge in [0.15, 0.2) is 0 Å². The Bertz CT molecular complexity index is 207. The highest BCUT2D eigenvalue weighted by Crippen LogP contribution is 2.40. The largest absolute Gasteiger partial charge is 0.449 e. The lowest BCUT2D eigenvalue weighted by molar-refractivity contribution is 0.0730. The van der Waals surface area contributed by atoms with Gasteiger partial charge in [0, 0.05) is 13.0 Å². The summed E-state index contributed by atoms with van der Waals surface area (Å²) in [6, 6.07) is 0. The number of halogens is 2. The molecule has 0 bridgehead atoms. The molecule has 0 atom stereocenters. The van der Waals surface area contributed by atoms with Gasteiger partial charge in [-0.25, -0.2) is 13.6 Å². The molecule has 0 aromatic rings. The van der Waals surface area contributed by atoms with Gasteiger partial charge in [-0.05, 0) is 12.8 Å². The van der Waals surface area contributed by atoms with Gasteiger partial charge in [-0.15, -0.1) is 0 Å². The molecule has 1 fully saturated rings. The topological polar surface area (TPSA) is 58.6 Å². The molecule has 0 saturated heterocycles. The lowest BCUT2D eigenvalue weighted by Crippen LogP contribution is -2.42. The molecule has 0 aromatic carbocycles. The summed E-state index contributed by atoms with van der Waals surface area (Å²) in [7, 11) is 0.